The second kappa shape index (κ2) is 4.53. The van der Waals surface area contributed by atoms with E-state index in [1.165, 1.54) is 0 Å². The van der Waals surface area contributed by atoms with Gasteiger partial charge in [-0.1, -0.05) is 30.3 Å². The molecule has 1 saturated heterocycles. The molecule has 0 saturated carbocycles. The predicted octanol–water partition coefficient (Wildman–Crippen LogP) is 2.54. The van der Waals surface area contributed by atoms with E-state index < -0.39 is 0 Å². The summed E-state index contributed by atoms with van der Waals surface area (Å²) in [6, 6.07) is 9.71. The van der Waals surface area contributed by atoms with Gasteiger partial charge in [0.05, 0.1) is 0 Å². The molecule has 4 heteroatoms. The lowest BCUT2D eigenvalue weighted by atomic mass is 10.1. The Morgan fingerprint density at radius 3 is 2.33 bits per heavy atom. The van der Waals surface area contributed by atoms with Crippen LogP contribution < -0.4 is 5.32 Å². The van der Waals surface area contributed by atoms with Crippen molar-refractivity contribution in [2.24, 2.45) is 0 Å². The van der Waals surface area contributed by atoms with Crippen LogP contribution in [0.5, 0.6) is 0 Å². The maximum Gasteiger partial charge on any atom is 0.277 e. The molecule has 1 fully saturated rings. The lowest BCUT2D eigenvalue weighted by Gasteiger charge is -2.29. The zero-order valence-electron chi connectivity index (χ0n) is 10.7. The van der Waals surface area contributed by atoms with Crippen LogP contribution in [0.15, 0.2) is 36.0 Å². The highest BCUT2D eigenvalue weighted by Crippen LogP contribution is 2.22. The first kappa shape index (κ1) is 12.8. The zero-order valence-corrected chi connectivity index (χ0v) is 11.5. The number of carbonyl (C=O) groups is 1. The van der Waals surface area contributed by atoms with Crippen LogP contribution in [0, 0.1) is 0 Å². The molecule has 0 unspecified atom stereocenters. The van der Waals surface area contributed by atoms with Gasteiger partial charge in [-0.2, -0.15) is 0 Å². The van der Waals surface area contributed by atoms with Gasteiger partial charge in [0.2, 0.25) is 0 Å². The standard InChI is InChI=1S/C14H16N2OS/c1-14(2,3)16-12(17)11(15-13(16)18)9-10-7-5-4-6-8-10/h4-9H,1-3H3,(H,15,18). The van der Waals surface area contributed by atoms with Gasteiger partial charge in [-0.25, -0.2) is 0 Å². The van der Waals surface area contributed by atoms with Crippen molar-refractivity contribution in [3.05, 3.63) is 41.6 Å². The fourth-order valence-corrected chi connectivity index (χ4v) is 2.33. The molecule has 0 bridgehead atoms. The van der Waals surface area contributed by atoms with E-state index in [0.29, 0.717) is 10.8 Å². The highest BCUT2D eigenvalue weighted by atomic mass is 32.1. The molecule has 0 aromatic heterocycles. The van der Waals surface area contributed by atoms with Crippen LogP contribution >= 0.6 is 12.2 Å². The minimum atomic E-state index is -0.312. The van der Waals surface area contributed by atoms with Crippen molar-refractivity contribution in [1.82, 2.24) is 10.2 Å². The Hall–Kier alpha value is -1.68. The molecule has 1 amide bonds. The van der Waals surface area contributed by atoms with Crippen LogP contribution in [-0.2, 0) is 4.79 Å². The smallest absolute Gasteiger partial charge is 0.277 e. The molecule has 0 spiro atoms. The van der Waals surface area contributed by atoms with Crippen molar-refractivity contribution in [2.75, 3.05) is 0 Å². The highest BCUT2D eigenvalue weighted by molar-refractivity contribution is 7.80. The third-order valence-corrected chi connectivity index (χ3v) is 2.94. The highest BCUT2D eigenvalue weighted by Gasteiger charge is 2.37. The second-order valence-electron chi connectivity index (χ2n) is 5.21. The molecule has 0 radical (unpaired) electrons. The Morgan fingerprint density at radius 1 is 1.22 bits per heavy atom. The summed E-state index contributed by atoms with van der Waals surface area (Å²) in [6.45, 7) is 5.89. The molecule has 2 rings (SSSR count). The number of hydrogen-bond donors (Lipinski definition) is 1. The van der Waals surface area contributed by atoms with Crippen molar-refractivity contribution in [3.8, 4) is 0 Å². The Bertz CT molecular complexity index is 514. The van der Waals surface area contributed by atoms with E-state index >= 15 is 0 Å². The molecule has 0 atom stereocenters. The van der Waals surface area contributed by atoms with Gasteiger partial charge in [-0.15, -0.1) is 0 Å². The molecule has 1 aliphatic rings. The summed E-state index contributed by atoms with van der Waals surface area (Å²) in [4.78, 5) is 13.9. The molecule has 94 valence electrons. The van der Waals surface area contributed by atoms with Crippen LogP contribution in [0.1, 0.15) is 26.3 Å². The minimum Gasteiger partial charge on any atom is -0.328 e. The third kappa shape index (κ3) is 2.43. The van der Waals surface area contributed by atoms with E-state index in [-0.39, 0.29) is 11.4 Å². The quantitative estimate of drug-likeness (QED) is 0.622. The Labute approximate surface area is 112 Å². The number of thiocarbonyl (C=S) groups is 1. The van der Waals surface area contributed by atoms with Crippen molar-refractivity contribution in [2.45, 2.75) is 26.3 Å². The number of carbonyl (C=O) groups excluding carboxylic acids is 1. The van der Waals surface area contributed by atoms with Gasteiger partial charge in [0.15, 0.2) is 5.11 Å². The molecule has 0 aliphatic carbocycles. The molecule has 1 aromatic rings. The Morgan fingerprint density at radius 2 is 1.83 bits per heavy atom. The largest absolute Gasteiger partial charge is 0.328 e. The molecule has 1 aromatic carbocycles. The number of benzene rings is 1. The first-order chi connectivity index (χ1) is 8.39. The van der Waals surface area contributed by atoms with Crippen molar-refractivity contribution >= 4 is 29.3 Å². The third-order valence-electron chi connectivity index (χ3n) is 2.66. The van der Waals surface area contributed by atoms with Gasteiger partial charge in [0.1, 0.15) is 5.70 Å². The van der Waals surface area contributed by atoms with Gasteiger partial charge < -0.3 is 5.32 Å². The normalized spacial score (nSPS) is 18.4. The van der Waals surface area contributed by atoms with E-state index in [2.05, 4.69) is 5.32 Å². The van der Waals surface area contributed by atoms with Crippen LogP contribution in [0.2, 0.25) is 0 Å². The van der Waals surface area contributed by atoms with Gasteiger partial charge >= 0.3 is 0 Å². The fourth-order valence-electron chi connectivity index (χ4n) is 1.86. The van der Waals surface area contributed by atoms with Crippen LogP contribution in [-0.4, -0.2) is 21.5 Å². The number of amides is 1. The molecule has 1 aliphatic heterocycles. The van der Waals surface area contributed by atoms with Crippen LogP contribution in [0.25, 0.3) is 6.08 Å². The SMILES string of the molecule is CC(C)(C)N1C(=O)C(=Cc2ccccc2)NC1=S. The predicted molar refractivity (Wildman–Crippen MR) is 76.8 cm³/mol. The van der Waals surface area contributed by atoms with E-state index in [4.69, 9.17) is 12.2 Å². The molecule has 3 nitrogen and oxygen atoms in total. The maximum atomic E-state index is 12.3. The average molecular weight is 260 g/mol. The van der Waals surface area contributed by atoms with Crippen LogP contribution in [0.3, 0.4) is 0 Å². The van der Waals surface area contributed by atoms with E-state index in [1.807, 2.05) is 57.2 Å². The number of hydrogen-bond acceptors (Lipinski definition) is 2. The molecule has 18 heavy (non-hydrogen) atoms. The molecule has 1 heterocycles. The summed E-state index contributed by atoms with van der Waals surface area (Å²) in [6.07, 6.45) is 1.82. The summed E-state index contributed by atoms with van der Waals surface area (Å²) < 4.78 is 0. The Balaban J connectivity index is 2.32. The summed E-state index contributed by atoms with van der Waals surface area (Å²) in [5.41, 5.74) is 1.20. The summed E-state index contributed by atoms with van der Waals surface area (Å²) in [5.74, 6) is -0.0728. The van der Waals surface area contributed by atoms with Gasteiger partial charge in [-0.05, 0) is 44.6 Å². The topological polar surface area (TPSA) is 32.3 Å². The number of rotatable bonds is 1. The fraction of sp³-hybridized carbons (Fsp3) is 0.286. The van der Waals surface area contributed by atoms with Crippen LogP contribution in [0.4, 0.5) is 0 Å². The summed E-state index contributed by atoms with van der Waals surface area (Å²) in [7, 11) is 0. The minimum absolute atomic E-state index is 0.0728. The zero-order chi connectivity index (χ0) is 13.3. The van der Waals surface area contributed by atoms with Crippen molar-refractivity contribution < 1.29 is 4.79 Å². The van der Waals surface area contributed by atoms with Gasteiger partial charge in [0, 0.05) is 5.54 Å². The molecular formula is C14H16N2OS. The lowest BCUT2D eigenvalue weighted by molar-refractivity contribution is -0.125. The Kier molecular flexibility index (Phi) is 3.22. The van der Waals surface area contributed by atoms with E-state index in [9.17, 15) is 4.79 Å². The van der Waals surface area contributed by atoms with Gasteiger partial charge in [0.25, 0.3) is 5.91 Å². The summed E-state index contributed by atoms with van der Waals surface area (Å²) >= 11 is 5.21. The second-order valence-corrected chi connectivity index (χ2v) is 5.60. The molecule has 1 N–H and O–H groups in total. The number of nitrogens with one attached hydrogen (secondary N) is 1. The van der Waals surface area contributed by atoms with Crippen molar-refractivity contribution in [1.29, 1.82) is 0 Å². The van der Waals surface area contributed by atoms with Crippen molar-refractivity contribution in [3.63, 3.8) is 0 Å². The summed E-state index contributed by atoms with van der Waals surface area (Å²) in [5, 5.41) is 3.44. The average Bonchev–Trinajstić information content (AvgIpc) is 2.54. The monoisotopic (exact) mass is 260 g/mol. The lowest BCUT2D eigenvalue weighted by Crippen LogP contribution is -2.45. The van der Waals surface area contributed by atoms with E-state index in [1.54, 1.807) is 4.90 Å². The maximum absolute atomic E-state index is 12.3. The first-order valence-corrected chi connectivity index (χ1v) is 6.23. The number of nitrogens with zero attached hydrogens (tertiary/aromatic N) is 1. The molecular weight excluding hydrogens is 244 g/mol. The van der Waals surface area contributed by atoms with Gasteiger partial charge in [-0.3, -0.25) is 9.69 Å². The van der Waals surface area contributed by atoms with E-state index in [0.717, 1.165) is 5.56 Å². The first-order valence-electron chi connectivity index (χ1n) is 5.82.